The first kappa shape index (κ1) is 14.5. The van der Waals surface area contributed by atoms with Crippen molar-refractivity contribution in [2.45, 2.75) is 6.04 Å². The van der Waals surface area contributed by atoms with Gasteiger partial charge in [-0.3, -0.25) is 9.48 Å². The number of benzene rings is 1. The molecule has 1 heterocycles. The van der Waals surface area contributed by atoms with Gasteiger partial charge in [-0.2, -0.15) is 5.10 Å². The molecule has 20 heavy (non-hydrogen) atoms. The lowest BCUT2D eigenvalue weighted by molar-refractivity contribution is -0.117. The molecular formula is C13H15BrN4O2. The van der Waals surface area contributed by atoms with E-state index in [0.717, 1.165) is 4.47 Å². The number of nitrogens with zero attached hydrogens (tertiary/aromatic N) is 2. The van der Waals surface area contributed by atoms with Crippen LogP contribution in [0, 0.1) is 0 Å². The highest BCUT2D eigenvalue weighted by atomic mass is 79.9. The van der Waals surface area contributed by atoms with Gasteiger partial charge in [-0.15, -0.1) is 0 Å². The molecule has 3 N–H and O–H groups in total. The summed E-state index contributed by atoms with van der Waals surface area (Å²) in [5.74, 6) is 0.336. The summed E-state index contributed by atoms with van der Waals surface area (Å²) in [6, 6.07) is 4.53. The molecule has 1 atom stereocenters. The van der Waals surface area contributed by atoms with Gasteiger partial charge < -0.3 is 15.8 Å². The number of halogens is 1. The molecule has 0 aliphatic carbocycles. The minimum Gasteiger partial charge on any atom is -0.497 e. The Kier molecular flexibility index (Phi) is 4.41. The monoisotopic (exact) mass is 338 g/mol. The van der Waals surface area contributed by atoms with Gasteiger partial charge in [-0.1, -0.05) is 15.9 Å². The number of hydrogen-bond acceptors (Lipinski definition) is 4. The molecule has 7 heteroatoms. The fraction of sp³-hybridized carbons (Fsp3) is 0.231. The summed E-state index contributed by atoms with van der Waals surface area (Å²) >= 11 is 3.35. The maximum atomic E-state index is 12.1. The SMILES string of the molecule is COc1cc(Br)cc(NC(=O)C(N)c2cnn(C)c2)c1. The molecule has 0 radical (unpaired) electrons. The highest BCUT2D eigenvalue weighted by Gasteiger charge is 2.17. The van der Waals surface area contributed by atoms with Crippen molar-refractivity contribution in [3.63, 3.8) is 0 Å². The van der Waals surface area contributed by atoms with Crippen LogP contribution >= 0.6 is 15.9 Å². The average molecular weight is 339 g/mol. The van der Waals surface area contributed by atoms with Gasteiger partial charge in [0.2, 0.25) is 5.91 Å². The number of hydrogen-bond donors (Lipinski definition) is 2. The number of nitrogens with one attached hydrogen (secondary N) is 1. The predicted octanol–water partition coefficient (Wildman–Crippen LogP) is 1.83. The number of methoxy groups -OCH3 is 1. The first-order valence-corrected chi connectivity index (χ1v) is 6.68. The largest absolute Gasteiger partial charge is 0.497 e. The van der Waals surface area contributed by atoms with Gasteiger partial charge in [0.25, 0.3) is 0 Å². The number of nitrogens with two attached hydrogens (primary N) is 1. The van der Waals surface area contributed by atoms with Gasteiger partial charge in [0, 0.05) is 35.0 Å². The van der Waals surface area contributed by atoms with E-state index in [1.54, 1.807) is 49.4 Å². The lowest BCUT2D eigenvalue weighted by Gasteiger charge is -2.12. The number of aromatic nitrogens is 2. The number of anilines is 1. The average Bonchev–Trinajstić information content (AvgIpc) is 2.83. The standard InChI is InChI=1S/C13H15BrN4O2/c1-18-7-8(6-16-18)12(15)13(19)17-10-3-9(14)4-11(5-10)20-2/h3-7,12H,15H2,1-2H3,(H,17,19). The molecular weight excluding hydrogens is 324 g/mol. The van der Waals surface area contributed by atoms with Gasteiger partial charge in [0.1, 0.15) is 11.8 Å². The smallest absolute Gasteiger partial charge is 0.246 e. The third kappa shape index (κ3) is 3.37. The second-order valence-electron chi connectivity index (χ2n) is 4.29. The van der Waals surface area contributed by atoms with Crippen molar-refractivity contribution in [1.82, 2.24) is 9.78 Å². The molecule has 1 unspecified atom stereocenters. The summed E-state index contributed by atoms with van der Waals surface area (Å²) in [5, 5.41) is 6.75. The molecule has 6 nitrogen and oxygen atoms in total. The van der Waals surface area contributed by atoms with Crippen LogP contribution in [0.5, 0.6) is 5.75 Å². The lowest BCUT2D eigenvalue weighted by atomic mass is 10.1. The molecule has 0 aliphatic heterocycles. The number of ether oxygens (including phenoxy) is 1. The van der Waals surface area contributed by atoms with Crippen LogP contribution in [0.2, 0.25) is 0 Å². The highest BCUT2D eigenvalue weighted by molar-refractivity contribution is 9.10. The Hall–Kier alpha value is -1.86. The molecule has 0 saturated carbocycles. The van der Waals surface area contributed by atoms with Gasteiger partial charge in [-0.25, -0.2) is 0 Å². The fourth-order valence-electron chi connectivity index (χ4n) is 1.72. The van der Waals surface area contributed by atoms with Crippen molar-refractivity contribution in [3.8, 4) is 5.75 Å². The lowest BCUT2D eigenvalue weighted by Crippen LogP contribution is -2.27. The maximum Gasteiger partial charge on any atom is 0.246 e. The van der Waals surface area contributed by atoms with Gasteiger partial charge >= 0.3 is 0 Å². The van der Waals surface area contributed by atoms with E-state index in [1.807, 2.05) is 0 Å². The van der Waals surface area contributed by atoms with Crippen LogP contribution in [0.15, 0.2) is 35.1 Å². The van der Waals surface area contributed by atoms with Crippen LogP contribution in [0.1, 0.15) is 11.6 Å². The summed E-state index contributed by atoms with van der Waals surface area (Å²) in [4.78, 5) is 12.1. The summed E-state index contributed by atoms with van der Waals surface area (Å²) in [7, 11) is 3.34. The molecule has 0 bridgehead atoms. The maximum absolute atomic E-state index is 12.1. The summed E-state index contributed by atoms with van der Waals surface area (Å²) in [6.45, 7) is 0. The van der Waals surface area contributed by atoms with Crippen LogP contribution in [0.4, 0.5) is 5.69 Å². The first-order chi connectivity index (χ1) is 9.49. The molecule has 106 valence electrons. The molecule has 2 aromatic rings. The van der Waals surface area contributed by atoms with Crippen LogP contribution in [-0.4, -0.2) is 22.8 Å². The zero-order valence-corrected chi connectivity index (χ0v) is 12.7. The van der Waals surface area contributed by atoms with E-state index in [4.69, 9.17) is 10.5 Å². The first-order valence-electron chi connectivity index (χ1n) is 5.89. The minimum atomic E-state index is -0.770. The Morgan fingerprint density at radius 2 is 2.25 bits per heavy atom. The molecule has 1 aromatic heterocycles. The van der Waals surface area contributed by atoms with E-state index in [9.17, 15) is 4.79 Å². The van der Waals surface area contributed by atoms with E-state index in [-0.39, 0.29) is 5.91 Å². The van der Waals surface area contributed by atoms with Crippen molar-refractivity contribution in [3.05, 3.63) is 40.6 Å². The fourth-order valence-corrected chi connectivity index (χ4v) is 2.20. The van der Waals surface area contributed by atoms with Crippen LogP contribution in [-0.2, 0) is 11.8 Å². The molecule has 0 spiro atoms. The Morgan fingerprint density at radius 3 is 2.85 bits per heavy atom. The molecule has 0 fully saturated rings. The van der Waals surface area contributed by atoms with Crippen LogP contribution in [0.3, 0.4) is 0 Å². The molecule has 1 aromatic carbocycles. The highest BCUT2D eigenvalue weighted by Crippen LogP contribution is 2.25. The second kappa shape index (κ2) is 6.06. The van der Waals surface area contributed by atoms with Crippen molar-refractivity contribution in [1.29, 1.82) is 0 Å². The number of aryl methyl sites for hydroxylation is 1. The zero-order chi connectivity index (χ0) is 14.7. The third-order valence-electron chi connectivity index (χ3n) is 2.74. The molecule has 2 rings (SSSR count). The van der Waals surface area contributed by atoms with Gasteiger partial charge in [0.05, 0.1) is 13.3 Å². The summed E-state index contributed by atoms with van der Waals surface area (Å²) in [5.41, 5.74) is 7.17. The summed E-state index contributed by atoms with van der Waals surface area (Å²) in [6.07, 6.45) is 3.29. The Bertz CT molecular complexity index is 627. The van der Waals surface area contributed by atoms with Gasteiger partial charge in [0.15, 0.2) is 0 Å². The second-order valence-corrected chi connectivity index (χ2v) is 5.21. The van der Waals surface area contributed by atoms with Crippen LogP contribution in [0.25, 0.3) is 0 Å². The van der Waals surface area contributed by atoms with Crippen LogP contribution < -0.4 is 15.8 Å². The van der Waals surface area contributed by atoms with Gasteiger partial charge in [-0.05, 0) is 12.1 Å². The van der Waals surface area contributed by atoms with E-state index in [2.05, 4.69) is 26.3 Å². The topological polar surface area (TPSA) is 82.2 Å². The third-order valence-corrected chi connectivity index (χ3v) is 3.20. The Labute approximate surface area is 125 Å². The molecule has 1 amide bonds. The minimum absolute atomic E-state index is 0.307. The quantitative estimate of drug-likeness (QED) is 0.890. The number of carbonyl (C=O) groups is 1. The van der Waals surface area contributed by atoms with E-state index in [0.29, 0.717) is 17.0 Å². The molecule has 0 aliphatic rings. The van der Waals surface area contributed by atoms with Crippen molar-refractivity contribution < 1.29 is 9.53 Å². The van der Waals surface area contributed by atoms with E-state index >= 15 is 0 Å². The summed E-state index contributed by atoms with van der Waals surface area (Å²) < 4.78 is 7.55. The normalized spacial score (nSPS) is 12.0. The number of rotatable bonds is 4. The molecule has 0 saturated heterocycles. The Morgan fingerprint density at radius 1 is 1.50 bits per heavy atom. The number of carbonyl (C=O) groups excluding carboxylic acids is 1. The zero-order valence-electron chi connectivity index (χ0n) is 11.1. The number of amides is 1. The Balaban J connectivity index is 2.13. The van der Waals surface area contributed by atoms with E-state index in [1.165, 1.54) is 0 Å². The van der Waals surface area contributed by atoms with E-state index < -0.39 is 6.04 Å². The van der Waals surface area contributed by atoms with Crippen molar-refractivity contribution in [2.24, 2.45) is 12.8 Å². The predicted molar refractivity (Wildman–Crippen MR) is 79.5 cm³/mol. The van der Waals surface area contributed by atoms with Crippen molar-refractivity contribution >= 4 is 27.5 Å². The van der Waals surface area contributed by atoms with Crippen molar-refractivity contribution in [2.75, 3.05) is 12.4 Å².